The molecule has 5 nitrogen and oxygen atoms in total. The fraction of sp³-hybridized carbons (Fsp3) is 0.444. The first-order valence-electron chi connectivity index (χ1n) is 4.41. The number of hydrogen-bond donors (Lipinski definition) is 4. The lowest BCUT2D eigenvalue weighted by Crippen LogP contribution is -2.29. The highest BCUT2D eigenvalue weighted by Crippen LogP contribution is 2.09. The van der Waals surface area contributed by atoms with E-state index in [0.29, 0.717) is 18.2 Å². The van der Waals surface area contributed by atoms with Crippen LogP contribution < -0.4 is 16.6 Å². The Morgan fingerprint density at radius 1 is 1.43 bits per heavy atom. The van der Waals surface area contributed by atoms with Crippen LogP contribution in [0.5, 0.6) is 0 Å². The average Bonchev–Trinajstić information content (AvgIpc) is 2.14. The third-order valence-corrected chi connectivity index (χ3v) is 1.60. The Bertz CT molecular complexity index is 295. The molecule has 1 aromatic rings. The zero-order valence-corrected chi connectivity index (χ0v) is 8.41. The fourth-order valence-corrected chi connectivity index (χ4v) is 0.920. The van der Waals surface area contributed by atoms with Crippen LogP contribution in [-0.2, 0) is 0 Å². The Balaban J connectivity index is 2.59. The van der Waals surface area contributed by atoms with E-state index in [4.69, 9.17) is 5.84 Å². The number of rotatable bonds is 4. The molecule has 0 unspecified atom stereocenters. The van der Waals surface area contributed by atoms with Crippen LogP contribution >= 0.6 is 0 Å². The minimum absolute atomic E-state index is 0.439. The van der Waals surface area contributed by atoms with E-state index in [9.17, 15) is 5.11 Å². The number of nitrogens with one attached hydrogen (secondary N) is 2. The molecular formula is C9H16N4O. The summed E-state index contributed by atoms with van der Waals surface area (Å²) in [4.78, 5) is 4.14. The molecule has 14 heavy (non-hydrogen) atoms. The van der Waals surface area contributed by atoms with Crippen LogP contribution in [0.25, 0.3) is 0 Å². The predicted molar refractivity (Wildman–Crippen MR) is 56.8 cm³/mol. The number of nitrogens with two attached hydrogens (primary N) is 1. The first-order valence-corrected chi connectivity index (χ1v) is 4.41. The molecule has 78 valence electrons. The minimum atomic E-state index is -0.756. The van der Waals surface area contributed by atoms with E-state index in [0.717, 1.165) is 0 Å². The van der Waals surface area contributed by atoms with Crippen LogP contribution in [0.1, 0.15) is 13.8 Å². The lowest BCUT2D eigenvalue weighted by atomic mass is 10.1. The average molecular weight is 196 g/mol. The van der Waals surface area contributed by atoms with Crippen LogP contribution in [-0.4, -0.2) is 22.2 Å². The molecule has 0 bridgehead atoms. The maximum atomic E-state index is 9.47. The quantitative estimate of drug-likeness (QED) is 0.417. The number of nitrogens with zero attached hydrogens (tertiary/aromatic N) is 1. The molecule has 5 heteroatoms. The summed E-state index contributed by atoms with van der Waals surface area (Å²) >= 11 is 0. The van der Waals surface area contributed by atoms with Crippen molar-refractivity contribution in [1.82, 2.24) is 4.98 Å². The van der Waals surface area contributed by atoms with E-state index in [1.165, 1.54) is 0 Å². The van der Waals surface area contributed by atoms with Crippen molar-refractivity contribution in [2.45, 2.75) is 19.4 Å². The molecule has 5 N–H and O–H groups in total. The highest BCUT2D eigenvalue weighted by Gasteiger charge is 2.11. The van der Waals surface area contributed by atoms with Crippen LogP contribution in [0.15, 0.2) is 18.2 Å². The molecular weight excluding hydrogens is 180 g/mol. The molecule has 1 heterocycles. The Morgan fingerprint density at radius 3 is 2.64 bits per heavy atom. The van der Waals surface area contributed by atoms with Crippen molar-refractivity contribution in [1.29, 1.82) is 0 Å². The summed E-state index contributed by atoms with van der Waals surface area (Å²) in [5, 5.41) is 12.5. The van der Waals surface area contributed by atoms with Gasteiger partial charge < -0.3 is 15.8 Å². The first-order chi connectivity index (χ1) is 6.51. The smallest absolute Gasteiger partial charge is 0.142 e. The molecule has 0 aliphatic carbocycles. The monoisotopic (exact) mass is 196 g/mol. The van der Waals surface area contributed by atoms with E-state index in [-0.39, 0.29) is 0 Å². The summed E-state index contributed by atoms with van der Waals surface area (Å²) in [7, 11) is 0. The fourth-order valence-electron chi connectivity index (χ4n) is 0.920. The van der Waals surface area contributed by atoms with Gasteiger partial charge in [-0.05, 0) is 26.0 Å². The second-order valence-corrected chi connectivity index (χ2v) is 3.72. The van der Waals surface area contributed by atoms with Gasteiger partial charge in [-0.15, -0.1) is 0 Å². The van der Waals surface area contributed by atoms with Crippen molar-refractivity contribution in [2.24, 2.45) is 5.84 Å². The molecule has 0 aliphatic heterocycles. The second-order valence-electron chi connectivity index (χ2n) is 3.72. The minimum Gasteiger partial charge on any atom is -0.389 e. The van der Waals surface area contributed by atoms with Gasteiger partial charge in [-0.25, -0.2) is 10.8 Å². The lowest BCUT2D eigenvalue weighted by Gasteiger charge is -2.18. The normalized spacial score (nSPS) is 11.1. The second kappa shape index (κ2) is 4.26. The molecule has 1 rings (SSSR count). The Kier molecular flexibility index (Phi) is 3.27. The largest absolute Gasteiger partial charge is 0.389 e. The van der Waals surface area contributed by atoms with Gasteiger partial charge in [-0.1, -0.05) is 6.07 Å². The molecule has 0 fully saturated rings. The van der Waals surface area contributed by atoms with E-state index < -0.39 is 5.60 Å². The summed E-state index contributed by atoms with van der Waals surface area (Å²) in [5.74, 6) is 6.48. The molecule has 0 aliphatic rings. The van der Waals surface area contributed by atoms with Crippen molar-refractivity contribution in [3.8, 4) is 0 Å². The molecule has 1 aromatic heterocycles. The van der Waals surface area contributed by atoms with Gasteiger partial charge in [0.1, 0.15) is 11.6 Å². The first kappa shape index (κ1) is 10.7. The maximum absolute atomic E-state index is 9.47. The van der Waals surface area contributed by atoms with Crippen LogP contribution in [0.3, 0.4) is 0 Å². The summed E-state index contributed by atoms with van der Waals surface area (Å²) in [6.45, 7) is 3.89. The van der Waals surface area contributed by atoms with Gasteiger partial charge in [0.05, 0.1) is 5.60 Å². The van der Waals surface area contributed by atoms with E-state index in [2.05, 4.69) is 15.7 Å². The topological polar surface area (TPSA) is 83.2 Å². The SMILES string of the molecule is CC(C)(O)CNc1cccc(NN)n1. The highest BCUT2D eigenvalue weighted by atomic mass is 16.3. The number of hydrazine groups is 1. The van der Waals surface area contributed by atoms with Gasteiger partial charge in [-0.3, -0.25) is 0 Å². The molecule has 0 atom stereocenters. The number of aromatic nitrogens is 1. The van der Waals surface area contributed by atoms with Crippen molar-refractivity contribution in [2.75, 3.05) is 17.3 Å². The molecule has 0 aromatic carbocycles. The summed E-state index contributed by atoms with van der Waals surface area (Å²) in [6, 6.07) is 5.40. The van der Waals surface area contributed by atoms with Crippen LogP contribution in [0, 0.1) is 0 Å². The van der Waals surface area contributed by atoms with Gasteiger partial charge in [0, 0.05) is 6.54 Å². The molecule has 0 saturated heterocycles. The van der Waals surface area contributed by atoms with Gasteiger partial charge in [0.2, 0.25) is 0 Å². The maximum Gasteiger partial charge on any atom is 0.142 e. The number of anilines is 2. The van der Waals surface area contributed by atoms with Crippen molar-refractivity contribution in [3.63, 3.8) is 0 Å². The summed E-state index contributed by atoms with van der Waals surface area (Å²) in [6.07, 6.45) is 0. The van der Waals surface area contributed by atoms with E-state index in [1.54, 1.807) is 19.9 Å². The molecule has 0 amide bonds. The van der Waals surface area contributed by atoms with Gasteiger partial charge in [0.25, 0.3) is 0 Å². The predicted octanol–water partition coefficient (Wildman–Crippen LogP) is 0.550. The highest BCUT2D eigenvalue weighted by molar-refractivity contribution is 5.44. The number of aliphatic hydroxyl groups is 1. The lowest BCUT2D eigenvalue weighted by molar-refractivity contribution is 0.0944. The Morgan fingerprint density at radius 2 is 2.07 bits per heavy atom. The third kappa shape index (κ3) is 3.59. The van der Waals surface area contributed by atoms with Gasteiger partial charge >= 0.3 is 0 Å². The van der Waals surface area contributed by atoms with Crippen molar-refractivity contribution in [3.05, 3.63) is 18.2 Å². The number of nitrogen functional groups attached to an aromatic ring is 1. The molecule has 0 saturated carbocycles. The third-order valence-electron chi connectivity index (χ3n) is 1.60. The van der Waals surface area contributed by atoms with Crippen molar-refractivity contribution < 1.29 is 5.11 Å². The standard InChI is InChI=1S/C9H16N4O/c1-9(2,14)6-11-7-4-3-5-8(12-7)13-10/h3-5,14H,6,10H2,1-2H3,(H2,11,12,13). The van der Waals surface area contributed by atoms with Gasteiger partial charge in [0.15, 0.2) is 0 Å². The van der Waals surface area contributed by atoms with E-state index >= 15 is 0 Å². The van der Waals surface area contributed by atoms with Gasteiger partial charge in [-0.2, -0.15) is 0 Å². The number of pyridine rings is 1. The Labute approximate surface area is 83.3 Å². The molecule has 0 radical (unpaired) electrons. The Hall–Kier alpha value is -1.33. The zero-order valence-electron chi connectivity index (χ0n) is 8.41. The van der Waals surface area contributed by atoms with Crippen molar-refractivity contribution >= 4 is 11.6 Å². The van der Waals surface area contributed by atoms with Crippen LogP contribution in [0.2, 0.25) is 0 Å². The van der Waals surface area contributed by atoms with E-state index in [1.807, 2.05) is 12.1 Å². The zero-order chi connectivity index (χ0) is 10.6. The van der Waals surface area contributed by atoms with Crippen LogP contribution in [0.4, 0.5) is 11.6 Å². The summed E-state index contributed by atoms with van der Waals surface area (Å²) in [5.41, 5.74) is 1.69. The summed E-state index contributed by atoms with van der Waals surface area (Å²) < 4.78 is 0. The molecule has 0 spiro atoms. The number of hydrogen-bond acceptors (Lipinski definition) is 5.